The lowest BCUT2D eigenvalue weighted by Crippen LogP contribution is -2.17. The fourth-order valence-corrected chi connectivity index (χ4v) is 5.03. The predicted molar refractivity (Wildman–Crippen MR) is 148 cm³/mol. The zero-order chi connectivity index (χ0) is 25.1. The summed E-state index contributed by atoms with van der Waals surface area (Å²) in [6, 6.07) is 26.8. The van der Waals surface area contributed by atoms with E-state index in [1.165, 1.54) is 11.3 Å². The molecule has 1 amide bonds. The highest BCUT2D eigenvalue weighted by Crippen LogP contribution is 2.38. The zero-order valence-electron chi connectivity index (χ0n) is 19.2. The summed E-state index contributed by atoms with van der Waals surface area (Å²) >= 11 is 4.67. The summed E-state index contributed by atoms with van der Waals surface area (Å²) in [5.41, 5.74) is 4.25. The van der Waals surface area contributed by atoms with Crippen LogP contribution >= 0.6 is 27.3 Å². The third-order valence-electron chi connectivity index (χ3n) is 5.68. The molecule has 0 bridgehead atoms. The molecule has 4 aromatic rings. The van der Waals surface area contributed by atoms with E-state index in [4.69, 9.17) is 9.72 Å². The highest BCUT2D eigenvalue weighted by atomic mass is 79.9. The molecule has 2 heterocycles. The van der Waals surface area contributed by atoms with Crippen molar-refractivity contribution in [3.8, 4) is 23.1 Å². The van der Waals surface area contributed by atoms with E-state index < -0.39 is 0 Å². The average Bonchev–Trinajstić information content (AvgIpc) is 3.31. The molecule has 0 fully saturated rings. The molecule has 7 heteroatoms. The second-order valence-corrected chi connectivity index (χ2v) is 10.1. The number of rotatable bonds is 5. The van der Waals surface area contributed by atoms with Crippen LogP contribution in [0.25, 0.3) is 22.9 Å². The molecule has 5 rings (SSSR count). The van der Waals surface area contributed by atoms with Gasteiger partial charge >= 0.3 is 0 Å². The van der Waals surface area contributed by atoms with E-state index in [2.05, 4.69) is 27.3 Å². The van der Waals surface area contributed by atoms with E-state index in [1.807, 2.05) is 85.8 Å². The van der Waals surface area contributed by atoms with Crippen molar-refractivity contribution in [3.63, 3.8) is 0 Å². The first-order valence-electron chi connectivity index (χ1n) is 11.2. The summed E-state index contributed by atoms with van der Waals surface area (Å²) in [6.45, 7) is 1.95. The van der Waals surface area contributed by atoms with Crippen LogP contribution in [0.5, 0.6) is 5.75 Å². The summed E-state index contributed by atoms with van der Waals surface area (Å²) in [4.78, 5) is 17.8. The lowest BCUT2D eigenvalue weighted by Gasteiger charge is -2.22. The topological polar surface area (TPSA) is 75.0 Å². The van der Waals surface area contributed by atoms with E-state index >= 15 is 0 Å². The molecule has 0 saturated heterocycles. The lowest BCUT2D eigenvalue weighted by molar-refractivity contribution is 0.102. The smallest absolute Gasteiger partial charge is 0.256 e. The minimum absolute atomic E-state index is 0.214. The number of carbonyl (C=O) groups excluding carboxylic acids is 1. The number of benzene rings is 3. The Kier molecular flexibility index (Phi) is 6.81. The van der Waals surface area contributed by atoms with Crippen molar-refractivity contribution in [2.45, 2.75) is 13.0 Å². The number of amides is 1. The number of halogens is 1. The van der Waals surface area contributed by atoms with Gasteiger partial charge < -0.3 is 10.1 Å². The Morgan fingerprint density at radius 3 is 2.56 bits per heavy atom. The SMILES string of the molecule is CC1Oc2ccccc2C=C1/C=C(\C#N)c1nc(-c2ccccc2)c(NC(=O)c2ccc(Br)cc2)s1. The molecule has 1 unspecified atom stereocenters. The molecule has 36 heavy (non-hydrogen) atoms. The van der Waals surface area contributed by atoms with Crippen LogP contribution in [0.1, 0.15) is 27.9 Å². The minimum Gasteiger partial charge on any atom is -0.485 e. The van der Waals surface area contributed by atoms with Crippen molar-refractivity contribution >= 4 is 49.8 Å². The molecule has 1 aliphatic rings. The number of nitrogens with zero attached hydrogens (tertiary/aromatic N) is 2. The second kappa shape index (κ2) is 10.3. The largest absolute Gasteiger partial charge is 0.485 e. The van der Waals surface area contributed by atoms with Crippen LogP contribution in [0, 0.1) is 11.3 Å². The first-order chi connectivity index (χ1) is 17.5. The van der Waals surface area contributed by atoms with Gasteiger partial charge in [0.05, 0.1) is 5.57 Å². The number of carbonyl (C=O) groups is 1. The molecule has 0 saturated carbocycles. The number of nitriles is 1. The Bertz CT molecular complexity index is 1530. The molecule has 1 N–H and O–H groups in total. The van der Waals surface area contributed by atoms with Crippen LogP contribution < -0.4 is 10.1 Å². The summed E-state index contributed by atoms with van der Waals surface area (Å²) in [7, 11) is 0. The molecule has 1 aromatic heterocycles. The molecule has 1 atom stereocenters. The number of nitrogens with one attached hydrogen (secondary N) is 1. The Labute approximate surface area is 221 Å². The molecule has 1 aliphatic heterocycles. The van der Waals surface area contributed by atoms with Gasteiger partial charge in [-0.2, -0.15) is 5.26 Å². The Hall–Kier alpha value is -3.99. The monoisotopic (exact) mass is 553 g/mol. The van der Waals surface area contributed by atoms with Crippen LogP contribution in [0.4, 0.5) is 5.00 Å². The predicted octanol–water partition coefficient (Wildman–Crippen LogP) is 7.60. The summed E-state index contributed by atoms with van der Waals surface area (Å²) < 4.78 is 6.93. The van der Waals surface area contributed by atoms with Crippen LogP contribution in [-0.2, 0) is 0 Å². The maximum absolute atomic E-state index is 13.0. The number of hydrogen-bond donors (Lipinski definition) is 1. The molecular formula is C29H20BrN3O2S. The van der Waals surface area contributed by atoms with Gasteiger partial charge in [-0.25, -0.2) is 4.98 Å². The Morgan fingerprint density at radius 2 is 1.81 bits per heavy atom. The third kappa shape index (κ3) is 5.01. The van der Waals surface area contributed by atoms with Crippen LogP contribution in [0.15, 0.2) is 95.0 Å². The minimum atomic E-state index is -0.244. The fourth-order valence-electron chi connectivity index (χ4n) is 3.82. The van der Waals surface area contributed by atoms with Crippen molar-refractivity contribution in [2.24, 2.45) is 0 Å². The maximum Gasteiger partial charge on any atom is 0.256 e. The lowest BCUT2D eigenvalue weighted by atomic mass is 10.0. The van der Waals surface area contributed by atoms with Gasteiger partial charge in [-0.3, -0.25) is 4.79 Å². The first kappa shape index (κ1) is 23.7. The van der Waals surface area contributed by atoms with Crippen LogP contribution in [0.2, 0.25) is 0 Å². The van der Waals surface area contributed by atoms with Gasteiger partial charge in [-0.05, 0) is 55.0 Å². The molecule has 0 spiro atoms. The Balaban J connectivity index is 1.54. The van der Waals surface area contributed by atoms with E-state index in [9.17, 15) is 10.1 Å². The molecular weight excluding hydrogens is 534 g/mol. The number of hydrogen-bond acceptors (Lipinski definition) is 5. The number of fused-ring (bicyclic) bond motifs is 1. The quantitative estimate of drug-likeness (QED) is 0.258. The Morgan fingerprint density at radius 1 is 1.08 bits per heavy atom. The molecule has 0 aliphatic carbocycles. The molecule has 0 radical (unpaired) electrons. The van der Waals surface area contributed by atoms with Gasteiger partial charge in [-0.15, -0.1) is 0 Å². The van der Waals surface area contributed by atoms with Gasteiger partial charge in [0.25, 0.3) is 5.91 Å². The number of thiazole rings is 1. The fraction of sp³-hybridized carbons (Fsp3) is 0.0690. The van der Waals surface area contributed by atoms with Crippen molar-refractivity contribution in [2.75, 3.05) is 5.32 Å². The summed E-state index contributed by atoms with van der Waals surface area (Å²) in [5.74, 6) is 0.574. The standard InChI is InChI=1S/C29H20BrN3O2S/c1-18-22(15-21-9-5-6-10-25(21)35-18)16-23(17-31)28-32-26(19-7-3-2-4-8-19)29(36-28)33-27(34)20-11-13-24(30)14-12-20/h2-16,18H,1H3,(H,33,34)/b23-16+. The van der Waals surface area contributed by atoms with Crippen molar-refractivity contribution in [1.82, 2.24) is 4.98 Å². The van der Waals surface area contributed by atoms with E-state index in [1.54, 1.807) is 12.1 Å². The molecule has 176 valence electrons. The van der Waals surface area contributed by atoms with E-state index in [-0.39, 0.29) is 12.0 Å². The first-order valence-corrected chi connectivity index (χ1v) is 12.9. The van der Waals surface area contributed by atoms with Crippen molar-refractivity contribution in [3.05, 3.63) is 111 Å². The second-order valence-electron chi connectivity index (χ2n) is 8.14. The summed E-state index contributed by atoms with van der Waals surface area (Å²) in [5, 5.41) is 14.1. The molecule has 3 aromatic carbocycles. The molecule has 5 nitrogen and oxygen atoms in total. The normalized spacial score (nSPS) is 14.8. The highest BCUT2D eigenvalue weighted by molar-refractivity contribution is 9.10. The van der Waals surface area contributed by atoms with Crippen molar-refractivity contribution in [1.29, 1.82) is 5.26 Å². The zero-order valence-corrected chi connectivity index (χ0v) is 21.6. The van der Waals surface area contributed by atoms with Gasteiger partial charge in [0.15, 0.2) is 0 Å². The number of allylic oxidation sites excluding steroid dienone is 1. The van der Waals surface area contributed by atoms with Gasteiger partial charge in [0.2, 0.25) is 0 Å². The van der Waals surface area contributed by atoms with Gasteiger partial charge in [0.1, 0.15) is 33.6 Å². The van der Waals surface area contributed by atoms with E-state index in [0.29, 0.717) is 26.8 Å². The van der Waals surface area contributed by atoms with Crippen molar-refractivity contribution < 1.29 is 9.53 Å². The van der Waals surface area contributed by atoms with E-state index in [0.717, 1.165) is 26.9 Å². The number of ether oxygens (including phenoxy) is 1. The third-order valence-corrected chi connectivity index (χ3v) is 7.22. The van der Waals surface area contributed by atoms with Gasteiger partial charge in [0, 0.05) is 21.2 Å². The maximum atomic E-state index is 13.0. The highest BCUT2D eigenvalue weighted by Gasteiger charge is 2.21. The van der Waals surface area contributed by atoms with Crippen LogP contribution in [0.3, 0.4) is 0 Å². The van der Waals surface area contributed by atoms with Crippen LogP contribution in [-0.4, -0.2) is 17.0 Å². The summed E-state index contributed by atoms with van der Waals surface area (Å²) in [6.07, 6.45) is 3.63. The number of anilines is 1. The number of aromatic nitrogens is 1. The average molecular weight is 554 g/mol. The number of para-hydroxylation sites is 1. The van der Waals surface area contributed by atoms with Gasteiger partial charge in [-0.1, -0.05) is 75.8 Å².